The average molecular weight is 290 g/mol. The lowest BCUT2D eigenvalue weighted by Gasteiger charge is -2.12. The van der Waals surface area contributed by atoms with Crippen LogP contribution in [-0.4, -0.2) is 16.9 Å². The van der Waals surface area contributed by atoms with Gasteiger partial charge in [-0.2, -0.15) is 0 Å². The molecule has 0 bridgehead atoms. The van der Waals surface area contributed by atoms with E-state index in [2.05, 4.69) is 5.32 Å². The molecule has 0 saturated carbocycles. The minimum absolute atomic E-state index is 0.0274. The monoisotopic (exact) mass is 290 g/mol. The van der Waals surface area contributed by atoms with E-state index >= 15 is 0 Å². The third kappa shape index (κ3) is 3.64. The summed E-state index contributed by atoms with van der Waals surface area (Å²) in [6, 6.07) is 9.69. The van der Waals surface area contributed by atoms with Crippen molar-refractivity contribution in [2.24, 2.45) is 0 Å². The summed E-state index contributed by atoms with van der Waals surface area (Å²) in [5.74, 6) is -0.294. The number of hydrogen-bond donors (Lipinski definition) is 1. The zero-order chi connectivity index (χ0) is 14.5. The van der Waals surface area contributed by atoms with E-state index in [1.807, 2.05) is 24.4 Å². The van der Waals surface area contributed by atoms with Crippen LogP contribution in [-0.2, 0) is 6.42 Å². The lowest BCUT2D eigenvalue weighted by atomic mass is 10.1. The summed E-state index contributed by atoms with van der Waals surface area (Å²) >= 11 is 1.64. The van der Waals surface area contributed by atoms with Gasteiger partial charge < -0.3 is 5.32 Å². The molecule has 0 aliphatic carbocycles. The maximum Gasteiger partial charge on any atom is 0.270 e. The molecule has 1 N–H and O–H groups in total. The van der Waals surface area contributed by atoms with Crippen LogP contribution in [0.2, 0.25) is 0 Å². The zero-order valence-corrected chi connectivity index (χ0v) is 11.7. The standard InChI is InChI=1S/C14H14N2O3S/c1-10(8-13-6-3-7-20-13)15-14(17)11-4-2-5-12(9-11)16(18)19/h2-7,9-10H,8H2,1H3,(H,15,17)/t10-/m1/s1. The van der Waals surface area contributed by atoms with E-state index < -0.39 is 4.92 Å². The number of hydrogen-bond acceptors (Lipinski definition) is 4. The average Bonchev–Trinajstić information content (AvgIpc) is 2.91. The van der Waals surface area contributed by atoms with E-state index in [0.717, 1.165) is 6.42 Å². The van der Waals surface area contributed by atoms with Crippen molar-refractivity contribution in [2.75, 3.05) is 0 Å². The second kappa shape index (κ2) is 6.29. The molecule has 20 heavy (non-hydrogen) atoms. The van der Waals surface area contributed by atoms with E-state index in [9.17, 15) is 14.9 Å². The Bertz CT molecular complexity index is 611. The number of nitrogens with zero attached hydrogens (tertiary/aromatic N) is 1. The van der Waals surface area contributed by atoms with Crippen molar-refractivity contribution in [1.29, 1.82) is 0 Å². The van der Waals surface area contributed by atoms with Crippen LogP contribution in [0.15, 0.2) is 41.8 Å². The molecule has 0 aliphatic heterocycles. The van der Waals surface area contributed by atoms with Gasteiger partial charge in [0.2, 0.25) is 0 Å². The summed E-state index contributed by atoms with van der Waals surface area (Å²) in [5.41, 5.74) is 0.223. The van der Waals surface area contributed by atoms with Crippen molar-refractivity contribution < 1.29 is 9.72 Å². The molecule has 2 rings (SSSR count). The van der Waals surface area contributed by atoms with Crippen LogP contribution in [0.5, 0.6) is 0 Å². The van der Waals surface area contributed by atoms with Crippen molar-refractivity contribution in [2.45, 2.75) is 19.4 Å². The topological polar surface area (TPSA) is 72.2 Å². The number of nitrogens with one attached hydrogen (secondary N) is 1. The van der Waals surface area contributed by atoms with Crippen molar-refractivity contribution in [3.63, 3.8) is 0 Å². The lowest BCUT2D eigenvalue weighted by molar-refractivity contribution is -0.384. The Morgan fingerprint density at radius 2 is 2.20 bits per heavy atom. The minimum Gasteiger partial charge on any atom is -0.349 e. The molecular weight excluding hydrogens is 276 g/mol. The predicted molar refractivity (Wildman–Crippen MR) is 78.0 cm³/mol. The van der Waals surface area contributed by atoms with Gasteiger partial charge in [-0.15, -0.1) is 11.3 Å². The van der Waals surface area contributed by atoms with Crippen molar-refractivity contribution in [3.8, 4) is 0 Å². The number of nitro benzene ring substituents is 1. The Morgan fingerprint density at radius 1 is 1.40 bits per heavy atom. The highest BCUT2D eigenvalue weighted by atomic mass is 32.1. The smallest absolute Gasteiger partial charge is 0.270 e. The van der Waals surface area contributed by atoms with Crippen LogP contribution in [0, 0.1) is 10.1 Å². The molecule has 0 unspecified atom stereocenters. The number of thiophene rings is 1. The van der Waals surface area contributed by atoms with Gasteiger partial charge in [-0.05, 0) is 24.4 Å². The van der Waals surface area contributed by atoms with Gasteiger partial charge in [0, 0.05) is 35.0 Å². The highest BCUT2D eigenvalue weighted by Gasteiger charge is 2.14. The fourth-order valence-corrected chi connectivity index (χ4v) is 2.68. The Balaban J connectivity index is 2.00. The number of nitro groups is 1. The SMILES string of the molecule is C[C@H](Cc1cccs1)NC(=O)c1cccc([N+](=O)[O-])c1. The first-order valence-electron chi connectivity index (χ1n) is 6.14. The number of amides is 1. The summed E-state index contributed by atoms with van der Waals surface area (Å²) in [4.78, 5) is 23.4. The fraction of sp³-hybridized carbons (Fsp3) is 0.214. The summed E-state index contributed by atoms with van der Waals surface area (Å²) in [7, 11) is 0. The molecule has 0 spiro atoms. The van der Waals surface area contributed by atoms with Gasteiger partial charge in [-0.3, -0.25) is 14.9 Å². The second-order valence-electron chi connectivity index (χ2n) is 4.47. The maximum absolute atomic E-state index is 12.0. The third-order valence-corrected chi connectivity index (χ3v) is 3.68. The molecule has 1 aromatic carbocycles. The number of non-ortho nitro benzene ring substituents is 1. The quantitative estimate of drug-likeness (QED) is 0.679. The van der Waals surface area contributed by atoms with E-state index in [1.54, 1.807) is 17.4 Å². The number of benzene rings is 1. The first-order valence-corrected chi connectivity index (χ1v) is 7.02. The van der Waals surface area contributed by atoms with Crippen LogP contribution in [0.4, 0.5) is 5.69 Å². The summed E-state index contributed by atoms with van der Waals surface area (Å²) in [6.07, 6.45) is 0.748. The number of rotatable bonds is 5. The molecule has 1 aromatic heterocycles. The molecule has 0 fully saturated rings. The van der Waals surface area contributed by atoms with Crippen LogP contribution in [0.3, 0.4) is 0 Å². The molecule has 0 saturated heterocycles. The normalized spacial score (nSPS) is 11.8. The molecule has 104 valence electrons. The Labute approximate surface area is 120 Å². The number of carbonyl (C=O) groups is 1. The van der Waals surface area contributed by atoms with Crippen LogP contribution < -0.4 is 5.32 Å². The second-order valence-corrected chi connectivity index (χ2v) is 5.50. The molecule has 1 amide bonds. The van der Waals surface area contributed by atoms with E-state index in [0.29, 0.717) is 5.56 Å². The Kier molecular flexibility index (Phi) is 4.47. The molecule has 5 nitrogen and oxygen atoms in total. The highest BCUT2D eigenvalue weighted by Crippen LogP contribution is 2.14. The van der Waals surface area contributed by atoms with E-state index in [1.165, 1.54) is 23.1 Å². The minimum atomic E-state index is -0.508. The van der Waals surface area contributed by atoms with Gasteiger partial charge in [0.1, 0.15) is 0 Å². The molecule has 6 heteroatoms. The summed E-state index contributed by atoms with van der Waals surface area (Å²) in [5, 5.41) is 15.5. The van der Waals surface area contributed by atoms with Gasteiger partial charge in [0.15, 0.2) is 0 Å². The molecule has 1 heterocycles. The van der Waals surface area contributed by atoms with Gasteiger partial charge in [0.25, 0.3) is 11.6 Å². The molecule has 0 aliphatic rings. The Morgan fingerprint density at radius 3 is 2.85 bits per heavy atom. The van der Waals surface area contributed by atoms with Gasteiger partial charge in [-0.1, -0.05) is 12.1 Å². The van der Waals surface area contributed by atoms with Crippen molar-refractivity contribution >= 4 is 22.9 Å². The van der Waals surface area contributed by atoms with Crippen molar-refractivity contribution in [3.05, 3.63) is 62.3 Å². The highest BCUT2D eigenvalue weighted by molar-refractivity contribution is 7.09. The summed E-state index contributed by atoms with van der Waals surface area (Å²) < 4.78 is 0. The van der Waals surface area contributed by atoms with E-state index in [-0.39, 0.29) is 17.6 Å². The van der Waals surface area contributed by atoms with E-state index in [4.69, 9.17) is 0 Å². The zero-order valence-electron chi connectivity index (χ0n) is 10.9. The first-order chi connectivity index (χ1) is 9.56. The van der Waals surface area contributed by atoms with Gasteiger partial charge in [0.05, 0.1) is 4.92 Å². The van der Waals surface area contributed by atoms with Crippen LogP contribution in [0.1, 0.15) is 22.2 Å². The summed E-state index contributed by atoms with van der Waals surface area (Å²) in [6.45, 7) is 1.91. The largest absolute Gasteiger partial charge is 0.349 e. The first kappa shape index (κ1) is 14.2. The van der Waals surface area contributed by atoms with Crippen molar-refractivity contribution in [1.82, 2.24) is 5.32 Å². The maximum atomic E-state index is 12.0. The molecular formula is C14H14N2O3S. The van der Waals surface area contributed by atoms with Gasteiger partial charge in [-0.25, -0.2) is 0 Å². The molecule has 0 radical (unpaired) electrons. The lowest BCUT2D eigenvalue weighted by Crippen LogP contribution is -2.33. The number of carbonyl (C=O) groups excluding carboxylic acids is 1. The Hall–Kier alpha value is -2.21. The van der Waals surface area contributed by atoms with Gasteiger partial charge >= 0.3 is 0 Å². The van der Waals surface area contributed by atoms with Crippen LogP contribution >= 0.6 is 11.3 Å². The molecule has 1 atom stereocenters. The predicted octanol–water partition coefficient (Wildman–Crippen LogP) is 3.02. The third-order valence-electron chi connectivity index (χ3n) is 2.78. The fourth-order valence-electron chi connectivity index (χ4n) is 1.85. The molecule has 2 aromatic rings. The van der Waals surface area contributed by atoms with Crippen LogP contribution in [0.25, 0.3) is 0 Å².